The van der Waals surface area contributed by atoms with E-state index in [9.17, 15) is 4.79 Å². The number of carbonyl (C=O) groups is 1. The predicted molar refractivity (Wildman–Crippen MR) is 60.6 cm³/mol. The summed E-state index contributed by atoms with van der Waals surface area (Å²) >= 11 is 0. The SMILES string of the molecule is NCC1(C(=O)Nc2cncnc2)CCCC1. The third-order valence-corrected chi connectivity index (χ3v) is 3.25. The lowest BCUT2D eigenvalue weighted by Crippen LogP contribution is -2.40. The van der Waals surface area contributed by atoms with Crippen molar-refractivity contribution in [1.82, 2.24) is 9.97 Å². The maximum absolute atomic E-state index is 12.1. The second kappa shape index (κ2) is 4.57. The molecule has 1 aliphatic rings. The van der Waals surface area contributed by atoms with Gasteiger partial charge in [0, 0.05) is 6.54 Å². The smallest absolute Gasteiger partial charge is 0.231 e. The molecule has 0 radical (unpaired) electrons. The van der Waals surface area contributed by atoms with E-state index in [1.165, 1.54) is 6.33 Å². The molecule has 1 aromatic rings. The van der Waals surface area contributed by atoms with E-state index in [4.69, 9.17) is 5.73 Å². The molecule has 0 aromatic carbocycles. The second-order valence-electron chi connectivity index (χ2n) is 4.27. The van der Waals surface area contributed by atoms with Crippen LogP contribution in [-0.4, -0.2) is 22.4 Å². The Bertz CT molecular complexity index is 360. The van der Waals surface area contributed by atoms with Gasteiger partial charge in [-0.1, -0.05) is 12.8 Å². The average molecular weight is 220 g/mol. The predicted octanol–water partition coefficient (Wildman–Crippen LogP) is 0.934. The third kappa shape index (κ3) is 2.04. The zero-order valence-electron chi connectivity index (χ0n) is 9.15. The number of amides is 1. The van der Waals surface area contributed by atoms with Crippen LogP contribution in [0, 0.1) is 5.41 Å². The van der Waals surface area contributed by atoms with Gasteiger partial charge in [-0.3, -0.25) is 4.79 Å². The van der Waals surface area contributed by atoms with Gasteiger partial charge in [-0.15, -0.1) is 0 Å². The van der Waals surface area contributed by atoms with Crippen LogP contribution in [0.4, 0.5) is 5.69 Å². The first-order valence-electron chi connectivity index (χ1n) is 5.53. The molecule has 0 unspecified atom stereocenters. The molecule has 3 N–H and O–H groups in total. The van der Waals surface area contributed by atoms with E-state index in [1.54, 1.807) is 12.4 Å². The lowest BCUT2D eigenvalue weighted by Gasteiger charge is -2.25. The number of nitrogens with zero attached hydrogens (tertiary/aromatic N) is 2. The fourth-order valence-corrected chi connectivity index (χ4v) is 2.20. The van der Waals surface area contributed by atoms with Crippen LogP contribution in [0.25, 0.3) is 0 Å². The standard InChI is InChI=1S/C11H16N4O/c12-7-11(3-1-2-4-11)10(16)15-9-5-13-8-14-6-9/h5-6,8H,1-4,7,12H2,(H,15,16). The molecule has 1 fully saturated rings. The molecule has 0 aliphatic heterocycles. The Morgan fingerprint density at radius 3 is 2.56 bits per heavy atom. The van der Waals surface area contributed by atoms with Gasteiger partial charge in [0.25, 0.3) is 0 Å². The molecule has 1 aliphatic carbocycles. The number of rotatable bonds is 3. The molecule has 0 atom stereocenters. The molecule has 0 saturated heterocycles. The van der Waals surface area contributed by atoms with E-state index in [2.05, 4.69) is 15.3 Å². The van der Waals surface area contributed by atoms with Crippen LogP contribution >= 0.6 is 0 Å². The van der Waals surface area contributed by atoms with Crippen molar-refractivity contribution in [3.05, 3.63) is 18.7 Å². The van der Waals surface area contributed by atoms with Crippen LogP contribution in [0.5, 0.6) is 0 Å². The van der Waals surface area contributed by atoms with Crippen molar-refractivity contribution in [2.75, 3.05) is 11.9 Å². The van der Waals surface area contributed by atoms with Gasteiger partial charge in [-0.25, -0.2) is 9.97 Å². The van der Waals surface area contributed by atoms with Crippen LogP contribution in [0.2, 0.25) is 0 Å². The minimum Gasteiger partial charge on any atom is -0.329 e. The molecule has 1 amide bonds. The first kappa shape index (κ1) is 11.0. The molecule has 1 saturated carbocycles. The number of hydrogen-bond acceptors (Lipinski definition) is 4. The minimum absolute atomic E-state index is 0.00213. The molecule has 1 heterocycles. The zero-order chi connectivity index (χ0) is 11.4. The lowest BCUT2D eigenvalue weighted by molar-refractivity contribution is -0.124. The van der Waals surface area contributed by atoms with Gasteiger partial charge in [0.1, 0.15) is 6.33 Å². The van der Waals surface area contributed by atoms with E-state index in [-0.39, 0.29) is 11.3 Å². The van der Waals surface area contributed by atoms with Gasteiger partial charge in [0.05, 0.1) is 23.5 Å². The summed E-state index contributed by atoms with van der Waals surface area (Å²) in [5, 5.41) is 2.83. The number of nitrogens with two attached hydrogens (primary N) is 1. The highest BCUT2D eigenvalue weighted by Gasteiger charge is 2.39. The average Bonchev–Trinajstić information content (AvgIpc) is 2.80. The van der Waals surface area contributed by atoms with Crippen LogP contribution in [0.1, 0.15) is 25.7 Å². The summed E-state index contributed by atoms with van der Waals surface area (Å²) < 4.78 is 0. The normalized spacial score (nSPS) is 18.3. The largest absolute Gasteiger partial charge is 0.329 e. The molecule has 0 spiro atoms. The molecular weight excluding hydrogens is 204 g/mol. The van der Waals surface area contributed by atoms with E-state index in [1.807, 2.05) is 0 Å². The van der Waals surface area contributed by atoms with Crippen LogP contribution in [-0.2, 0) is 4.79 Å². The number of nitrogens with one attached hydrogen (secondary N) is 1. The van der Waals surface area contributed by atoms with Gasteiger partial charge in [-0.05, 0) is 12.8 Å². The van der Waals surface area contributed by atoms with E-state index in [0.717, 1.165) is 25.7 Å². The van der Waals surface area contributed by atoms with Crippen molar-refractivity contribution in [3.8, 4) is 0 Å². The van der Waals surface area contributed by atoms with Crippen molar-refractivity contribution in [2.24, 2.45) is 11.1 Å². The van der Waals surface area contributed by atoms with Crippen LogP contribution in [0.15, 0.2) is 18.7 Å². The molecular formula is C11H16N4O. The highest BCUT2D eigenvalue weighted by molar-refractivity contribution is 5.95. The summed E-state index contributed by atoms with van der Waals surface area (Å²) in [7, 11) is 0. The van der Waals surface area contributed by atoms with Gasteiger partial charge >= 0.3 is 0 Å². The van der Waals surface area contributed by atoms with Gasteiger partial charge in [0.2, 0.25) is 5.91 Å². The summed E-state index contributed by atoms with van der Waals surface area (Å²) in [4.78, 5) is 19.8. The third-order valence-electron chi connectivity index (χ3n) is 3.25. The maximum Gasteiger partial charge on any atom is 0.231 e. The van der Waals surface area contributed by atoms with Crippen molar-refractivity contribution in [1.29, 1.82) is 0 Å². The molecule has 0 bridgehead atoms. The van der Waals surface area contributed by atoms with Crippen molar-refractivity contribution in [3.63, 3.8) is 0 Å². The van der Waals surface area contributed by atoms with Crippen LogP contribution < -0.4 is 11.1 Å². The Labute approximate surface area is 94.5 Å². The Morgan fingerprint density at radius 1 is 1.38 bits per heavy atom. The number of anilines is 1. The summed E-state index contributed by atoms with van der Waals surface area (Å²) in [5.41, 5.74) is 5.98. The molecule has 2 rings (SSSR count). The molecule has 5 heteroatoms. The molecule has 5 nitrogen and oxygen atoms in total. The lowest BCUT2D eigenvalue weighted by atomic mass is 9.85. The minimum atomic E-state index is -0.379. The van der Waals surface area contributed by atoms with Gasteiger partial charge in [0.15, 0.2) is 0 Å². The molecule has 86 valence electrons. The fourth-order valence-electron chi connectivity index (χ4n) is 2.20. The number of hydrogen-bond donors (Lipinski definition) is 2. The van der Waals surface area contributed by atoms with E-state index >= 15 is 0 Å². The van der Waals surface area contributed by atoms with E-state index in [0.29, 0.717) is 12.2 Å². The van der Waals surface area contributed by atoms with Gasteiger partial charge in [-0.2, -0.15) is 0 Å². The fraction of sp³-hybridized carbons (Fsp3) is 0.545. The maximum atomic E-state index is 12.1. The Kier molecular flexibility index (Phi) is 3.14. The van der Waals surface area contributed by atoms with E-state index < -0.39 is 0 Å². The highest BCUT2D eigenvalue weighted by Crippen LogP contribution is 2.37. The summed E-state index contributed by atoms with van der Waals surface area (Å²) in [5.74, 6) is 0.00213. The molecule has 16 heavy (non-hydrogen) atoms. The van der Waals surface area contributed by atoms with Crippen molar-refractivity contribution in [2.45, 2.75) is 25.7 Å². The molecule has 1 aromatic heterocycles. The summed E-state index contributed by atoms with van der Waals surface area (Å²) in [6, 6.07) is 0. The topological polar surface area (TPSA) is 80.9 Å². The number of aromatic nitrogens is 2. The Hall–Kier alpha value is -1.49. The van der Waals surface area contributed by atoms with Gasteiger partial charge < -0.3 is 11.1 Å². The summed E-state index contributed by atoms with van der Waals surface area (Å²) in [6.07, 6.45) is 8.52. The van der Waals surface area contributed by atoms with Crippen LogP contribution in [0.3, 0.4) is 0 Å². The number of carbonyl (C=O) groups excluding carboxylic acids is 1. The van der Waals surface area contributed by atoms with Crippen molar-refractivity contribution < 1.29 is 4.79 Å². The first-order chi connectivity index (χ1) is 7.77. The monoisotopic (exact) mass is 220 g/mol. The zero-order valence-corrected chi connectivity index (χ0v) is 9.15. The van der Waals surface area contributed by atoms with Crippen molar-refractivity contribution >= 4 is 11.6 Å². The summed E-state index contributed by atoms with van der Waals surface area (Å²) in [6.45, 7) is 0.409. The quantitative estimate of drug-likeness (QED) is 0.794. The first-order valence-corrected chi connectivity index (χ1v) is 5.53. The second-order valence-corrected chi connectivity index (χ2v) is 4.27. The highest BCUT2D eigenvalue weighted by atomic mass is 16.2. The Morgan fingerprint density at radius 2 is 2.00 bits per heavy atom. The Balaban J connectivity index is 2.07.